The number of hydrogen-bond acceptors (Lipinski definition) is 2. The standard InChI is InChI=1S/C25H22N2Si/c1-25(2)19-6-5-10-27-24(19)17-7-8-20-22(23(17)25)18-12-16-14-26-11-9-15(16)13-21(18)28(20,3)4/h5-14H,1-4H3. The van der Waals surface area contributed by atoms with Gasteiger partial charge in [0.25, 0.3) is 0 Å². The summed E-state index contributed by atoms with van der Waals surface area (Å²) in [5.41, 5.74) is 8.11. The van der Waals surface area contributed by atoms with Crippen molar-refractivity contribution >= 4 is 29.2 Å². The molecule has 0 radical (unpaired) electrons. The molecule has 0 saturated carbocycles. The number of rotatable bonds is 0. The van der Waals surface area contributed by atoms with Gasteiger partial charge in [0.1, 0.15) is 8.07 Å². The van der Waals surface area contributed by atoms with Gasteiger partial charge in [-0.15, -0.1) is 0 Å². The fourth-order valence-electron chi connectivity index (χ4n) is 5.51. The summed E-state index contributed by atoms with van der Waals surface area (Å²) < 4.78 is 0. The molecular weight excluding hydrogens is 356 g/mol. The van der Waals surface area contributed by atoms with E-state index in [9.17, 15) is 0 Å². The molecule has 2 aromatic carbocycles. The molecule has 0 bridgehead atoms. The van der Waals surface area contributed by atoms with Crippen LogP contribution in [0.1, 0.15) is 25.0 Å². The number of fused-ring (bicyclic) bond motifs is 8. The van der Waals surface area contributed by atoms with Gasteiger partial charge in [0.05, 0.1) is 5.69 Å². The van der Waals surface area contributed by atoms with Crippen LogP contribution >= 0.6 is 0 Å². The first-order chi connectivity index (χ1) is 13.4. The van der Waals surface area contributed by atoms with Crippen LogP contribution in [0.2, 0.25) is 13.1 Å². The van der Waals surface area contributed by atoms with Crippen LogP contribution in [0.5, 0.6) is 0 Å². The van der Waals surface area contributed by atoms with E-state index in [2.05, 4.69) is 74.4 Å². The predicted octanol–water partition coefficient (Wildman–Crippen LogP) is 4.74. The zero-order valence-electron chi connectivity index (χ0n) is 16.7. The molecule has 2 aromatic heterocycles. The molecule has 3 heterocycles. The number of pyridine rings is 2. The minimum Gasteiger partial charge on any atom is -0.264 e. The number of hydrogen-bond donors (Lipinski definition) is 0. The third-order valence-corrected chi connectivity index (χ3v) is 10.5. The summed E-state index contributed by atoms with van der Waals surface area (Å²) in [6.07, 6.45) is 5.81. The average molecular weight is 379 g/mol. The molecule has 2 nitrogen and oxygen atoms in total. The van der Waals surface area contributed by atoms with Gasteiger partial charge in [-0.05, 0) is 56.2 Å². The van der Waals surface area contributed by atoms with Gasteiger partial charge in [0.2, 0.25) is 0 Å². The summed E-state index contributed by atoms with van der Waals surface area (Å²) in [7, 11) is -1.75. The lowest BCUT2D eigenvalue weighted by Crippen LogP contribution is -2.49. The second-order valence-electron chi connectivity index (χ2n) is 9.18. The van der Waals surface area contributed by atoms with Crippen LogP contribution in [0.4, 0.5) is 0 Å². The highest BCUT2D eigenvalue weighted by molar-refractivity contribution is 7.04. The Kier molecular flexibility index (Phi) is 2.88. The Balaban J connectivity index is 1.77. The fraction of sp³-hybridized carbons (Fsp3) is 0.200. The van der Waals surface area contributed by atoms with Crippen molar-refractivity contribution in [2.45, 2.75) is 32.4 Å². The Hall–Kier alpha value is -2.78. The van der Waals surface area contributed by atoms with Gasteiger partial charge in [-0.3, -0.25) is 9.97 Å². The van der Waals surface area contributed by atoms with Crippen molar-refractivity contribution in [2.75, 3.05) is 0 Å². The van der Waals surface area contributed by atoms with Crippen molar-refractivity contribution in [2.24, 2.45) is 0 Å². The minimum atomic E-state index is -1.75. The van der Waals surface area contributed by atoms with E-state index in [1.165, 1.54) is 38.6 Å². The zero-order chi connectivity index (χ0) is 19.3. The molecular formula is C25H22N2Si. The Morgan fingerprint density at radius 3 is 2.57 bits per heavy atom. The second kappa shape index (κ2) is 4.98. The van der Waals surface area contributed by atoms with Crippen LogP contribution in [0.3, 0.4) is 0 Å². The van der Waals surface area contributed by atoms with E-state index in [1.54, 1.807) is 10.4 Å². The van der Waals surface area contributed by atoms with Gasteiger partial charge in [0, 0.05) is 35.0 Å². The average Bonchev–Trinajstić information content (AvgIpc) is 3.06. The lowest BCUT2D eigenvalue weighted by Gasteiger charge is -2.25. The Labute approximate surface area is 166 Å². The summed E-state index contributed by atoms with van der Waals surface area (Å²) in [6, 6.07) is 16.0. The maximum absolute atomic E-state index is 4.77. The van der Waals surface area contributed by atoms with Crippen LogP contribution in [0.15, 0.2) is 61.1 Å². The lowest BCUT2D eigenvalue weighted by molar-refractivity contribution is 0.661. The van der Waals surface area contributed by atoms with Gasteiger partial charge in [-0.25, -0.2) is 0 Å². The summed E-state index contributed by atoms with van der Waals surface area (Å²) >= 11 is 0. The maximum Gasteiger partial charge on any atom is 0.113 e. The van der Waals surface area contributed by atoms with Gasteiger partial charge in [-0.1, -0.05) is 51.2 Å². The Bertz CT molecular complexity index is 1320. The third kappa shape index (κ3) is 1.78. The normalized spacial score (nSPS) is 17.1. The van der Waals surface area contributed by atoms with E-state index < -0.39 is 8.07 Å². The molecule has 28 heavy (non-hydrogen) atoms. The molecule has 0 fully saturated rings. The van der Waals surface area contributed by atoms with Gasteiger partial charge in [-0.2, -0.15) is 0 Å². The summed E-state index contributed by atoms with van der Waals surface area (Å²) in [6.45, 7) is 9.69. The molecule has 2 aliphatic rings. The first-order valence-electron chi connectivity index (χ1n) is 9.93. The van der Waals surface area contributed by atoms with Crippen molar-refractivity contribution in [1.29, 1.82) is 0 Å². The highest BCUT2D eigenvalue weighted by atomic mass is 28.3. The molecule has 0 amide bonds. The van der Waals surface area contributed by atoms with Crippen molar-refractivity contribution in [3.8, 4) is 22.4 Å². The van der Waals surface area contributed by atoms with Crippen LogP contribution in [0, 0.1) is 0 Å². The first kappa shape index (κ1) is 16.2. The summed E-state index contributed by atoms with van der Waals surface area (Å²) in [5, 5.41) is 5.63. The van der Waals surface area contributed by atoms with Gasteiger partial charge >= 0.3 is 0 Å². The molecule has 4 aromatic rings. The highest BCUT2D eigenvalue weighted by Crippen LogP contribution is 2.52. The molecule has 0 atom stereocenters. The minimum absolute atomic E-state index is 0.0414. The number of nitrogens with zero attached hydrogens (tertiary/aromatic N) is 2. The van der Waals surface area contributed by atoms with E-state index in [0.29, 0.717) is 0 Å². The van der Waals surface area contributed by atoms with Crippen LogP contribution in [-0.2, 0) is 5.41 Å². The molecule has 0 N–H and O–H groups in total. The molecule has 6 rings (SSSR count). The molecule has 1 aliphatic heterocycles. The van der Waals surface area contributed by atoms with Crippen molar-refractivity contribution < 1.29 is 0 Å². The first-order valence-corrected chi connectivity index (χ1v) is 12.9. The van der Waals surface area contributed by atoms with E-state index in [1.807, 2.05) is 18.6 Å². The molecule has 0 unspecified atom stereocenters. The molecule has 3 heteroatoms. The SMILES string of the molecule is CC1(C)c2cccnc2-c2ccc3c(c21)-c1cc2cnccc2cc1[Si]3(C)C. The number of benzene rings is 2. The second-order valence-corrected chi connectivity index (χ2v) is 13.5. The molecule has 0 spiro atoms. The fourth-order valence-corrected chi connectivity index (χ4v) is 8.58. The number of aromatic nitrogens is 2. The topological polar surface area (TPSA) is 25.8 Å². The molecule has 0 saturated heterocycles. The highest BCUT2D eigenvalue weighted by Gasteiger charge is 2.45. The van der Waals surface area contributed by atoms with E-state index in [0.717, 1.165) is 5.69 Å². The summed E-state index contributed by atoms with van der Waals surface area (Å²) in [4.78, 5) is 9.13. The van der Waals surface area contributed by atoms with E-state index >= 15 is 0 Å². The lowest BCUT2D eigenvalue weighted by atomic mass is 9.79. The van der Waals surface area contributed by atoms with E-state index in [-0.39, 0.29) is 5.41 Å². The van der Waals surface area contributed by atoms with Crippen molar-refractivity contribution in [3.05, 3.63) is 72.2 Å². The summed E-state index contributed by atoms with van der Waals surface area (Å²) in [5.74, 6) is 0. The largest absolute Gasteiger partial charge is 0.264 e. The van der Waals surface area contributed by atoms with Crippen LogP contribution in [0.25, 0.3) is 33.2 Å². The smallest absolute Gasteiger partial charge is 0.113 e. The van der Waals surface area contributed by atoms with Crippen molar-refractivity contribution in [1.82, 2.24) is 9.97 Å². The zero-order valence-corrected chi connectivity index (χ0v) is 17.7. The van der Waals surface area contributed by atoms with Crippen molar-refractivity contribution in [3.63, 3.8) is 0 Å². The van der Waals surface area contributed by atoms with Crippen LogP contribution in [-0.4, -0.2) is 18.0 Å². The molecule has 136 valence electrons. The third-order valence-electron chi connectivity index (χ3n) is 6.96. The molecule has 1 aliphatic carbocycles. The maximum atomic E-state index is 4.77. The van der Waals surface area contributed by atoms with Crippen LogP contribution < -0.4 is 10.4 Å². The van der Waals surface area contributed by atoms with E-state index in [4.69, 9.17) is 4.98 Å². The quantitative estimate of drug-likeness (QED) is 0.413. The van der Waals surface area contributed by atoms with Gasteiger partial charge < -0.3 is 0 Å². The Morgan fingerprint density at radius 1 is 0.857 bits per heavy atom. The van der Waals surface area contributed by atoms with Gasteiger partial charge in [0.15, 0.2) is 0 Å². The monoisotopic (exact) mass is 378 g/mol. The predicted molar refractivity (Wildman–Crippen MR) is 119 cm³/mol. The Morgan fingerprint density at radius 2 is 1.71 bits per heavy atom.